The van der Waals surface area contributed by atoms with E-state index in [1.54, 1.807) is 17.8 Å². The molecule has 1 aliphatic heterocycles. The normalized spacial score (nSPS) is 19.1. The summed E-state index contributed by atoms with van der Waals surface area (Å²) in [6.07, 6.45) is 3.80. The number of nitro groups is 1. The van der Waals surface area contributed by atoms with E-state index in [2.05, 4.69) is 0 Å². The van der Waals surface area contributed by atoms with Crippen molar-refractivity contribution in [3.8, 4) is 0 Å². The van der Waals surface area contributed by atoms with Crippen LogP contribution in [0.5, 0.6) is 0 Å². The van der Waals surface area contributed by atoms with Gasteiger partial charge in [0.25, 0.3) is 5.69 Å². The van der Waals surface area contributed by atoms with Gasteiger partial charge in [0.2, 0.25) is 5.91 Å². The molecule has 0 saturated carbocycles. The van der Waals surface area contributed by atoms with Gasteiger partial charge in [0.05, 0.1) is 10.6 Å². The van der Waals surface area contributed by atoms with Crippen LogP contribution in [0.3, 0.4) is 0 Å². The molecule has 1 amide bonds. The first kappa shape index (κ1) is 20.6. The number of hydrogen-bond acceptors (Lipinski definition) is 5. The minimum atomic E-state index is -0.572. The van der Waals surface area contributed by atoms with Crippen LogP contribution in [0.25, 0.3) is 0 Å². The van der Waals surface area contributed by atoms with Crippen LogP contribution < -0.4 is 4.90 Å². The first-order valence-electron chi connectivity index (χ1n) is 9.57. The Balaban J connectivity index is 1.83. The van der Waals surface area contributed by atoms with E-state index in [1.807, 2.05) is 30.5 Å². The van der Waals surface area contributed by atoms with Crippen molar-refractivity contribution >= 4 is 46.4 Å². The highest BCUT2D eigenvalue weighted by Crippen LogP contribution is 2.44. The van der Waals surface area contributed by atoms with Gasteiger partial charge in [-0.15, -0.1) is 11.8 Å². The molecule has 0 saturated heterocycles. The van der Waals surface area contributed by atoms with Crippen molar-refractivity contribution < 1.29 is 14.5 Å². The summed E-state index contributed by atoms with van der Waals surface area (Å²) in [7, 11) is 0. The predicted molar refractivity (Wildman–Crippen MR) is 117 cm³/mol. The lowest BCUT2D eigenvalue weighted by Crippen LogP contribution is -2.40. The fourth-order valence-corrected chi connectivity index (χ4v) is 4.79. The minimum Gasteiger partial charge on any atom is -0.294 e. The quantitative estimate of drug-likeness (QED) is 0.355. The summed E-state index contributed by atoms with van der Waals surface area (Å²) < 4.78 is 0. The van der Waals surface area contributed by atoms with Crippen LogP contribution in [0.4, 0.5) is 11.4 Å². The van der Waals surface area contributed by atoms with Gasteiger partial charge < -0.3 is 0 Å². The van der Waals surface area contributed by atoms with Crippen LogP contribution in [0.1, 0.15) is 37.2 Å². The summed E-state index contributed by atoms with van der Waals surface area (Å²) >= 11 is 7.57. The Morgan fingerprint density at radius 3 is 2.53 bits per heavy atom. The molecule has 6 nitrogen and oxygen atoms in total. The fourth-order valence-electron chi connectivity index (χ4n) is 4.19. The molecule has 30 heavy (non-hydrogen) atoms. The summed E-state index contributed by atoms with van der Waals surface area (Å²) in [5, 5.41) is 11.3. The van der Waals surface area contributed by atoms with Gasteiger partial charge in [0.15, 0.2) is 5.78 Å². The second kappa shape index (κ2) is 8.24. The molecule has 0 spiro atoms. The number of carbonyl (C=O) groups excluding carboxylic acids is 2. The summed E-state index contributed by atoms with van der Waals surface area (Å²) in [5.74, 6) is -0.440. The number of Topliss-reactive ketones (excluding diaryl/α,β-unsaturated/α-hetero) is 1. The highest BCUT2D eigenvalue weighted by Gasteiger charge is 2.40. The van der Waals surface area contributed by atoms with E-state index >= 15 is 0 Å². The van der Waals surface area contributed by atoms with Crippen LogP contribution >= 0.6 is 23.4 Å². The van der Waals surface area contributed by atoms with Crippen molar-refractivity contribution in [2.45, 2.75) is 36.5 Å². The fraction of sp³-hybridized carbons (Fsp3) is 0.273. The minimum absolute atomic E-state index is 0.00823. The van der Waals surface area contributed by atoms with E-state index < -0.39 is 4.92 Å². The van der Waals surface area contributed by atoms with Crippen LogP contribution in [0.15, 0.2) is 58.6 Å². The molecule has 1 aliphatic carbocycles. The number of halogens is 1. The maximum absolute atomic E-state index is 13.2. The zero-order valence-corrected chi connectivity index (χ0v) is 17.8. The van der Waals surface area contributed by atoms with E-state index in [-0.39, 0.29) is 34.7 Å². The highest BCUT2D eigenvalue weighted by molar-refractivity contribution is 7.98. The molecule has 1 atom stereocenters. The largest absolute Gasteiger partial charge is 0.294 e. The van der Waals surface area contributed by atoms with Crippen molar-refractivity contribution in [1.29, 1.82) is 0 Å². The first-order valence-corrected chi connectivity index (χ1v) is 11.2. The SMILES string of the molecule is CSc1ccc(C2CC(=O)N(c3ccc(Cl)c([N+](=O)[O-])c3)C3=C2C(=O)CCC3)cc1. The number of anilines is 1. The van der Waals surface area contributed by atoms with Gasteiger partial charge in [0.1, 0.15) is 5.02 Å². The maximum atomic E-state index is 13.2. The monoisotopic (exact) mass is 442 g/mol. The van der Waals surface area contributed by atoms with Crippen LogP contribution in [-0.2, 0) is 9.59 Å². The zero-order valence-electron chi connectivity index (χ0n) is 16.3. The standard InChI is InChI=1S/C22H19ClN2O4S/c1-30-15-8-5-13(6-9-15)16-12-21(27)24(18-3-2-4-20(26)22(16)18)14-7-10-17(23)19(11-14)25(28)29/h5-11,16H,2-4,12H2,1H3. The third kappa shape index (κ3) is 3.63. The number of thioether (sulfide) groups is 1. The molecule has 0 radical (unpaired) electrons. The number of amides is 1. The molecular formula is C22H19ClN2O4S. The Kier molecular flexibility index (Phi) is 5.66. The summed E-state index contributed by atoms with van der Waals surface area (Å²) in [5.41, 5.74) is 2.34. The number of nitrogens with zero attached hydrogens (tertiary/aromatic N) is 2. The molecule has 2 aromatic carbocycles. The van der Waals surface area contributed by atoms with Gasteiger partial charge >= 0.3 is 0 Å². The highest BCUT2D eigenvalue weighted by atomic mass is 35.5. The van der Waals surface area contributed by atoms with Gasteiger partial charge in [-0.1, -0.05) is 23.7 Å². The third-order valence-corrected chi connectivity index (χ3v) is 6.64. The number of nitro benzene ring substituents is 1. The van der Waals surface area contributed by atoms with E-state index in [1.165, 1.54) is 17.0 Å². The van der Waals surface area contributed by atoms with Gasteiger partial charge in [-0.2, -0.15) is 0 Å². The van der Waals surface area contributed by atoms with Crippen molar-refractivity contribution in [3.63, 3.8) is 0 Å². The van der Waals surface area contributed by atoms with Gasteiger partial charge in [-0.25, -0.2) is 0 Å². The van der Waals surface area contributed by atoms with Crippen molar-refractivity contribution in [2.24, 2.45) is 0 Å². The van der Waals surface area contributed by atoms with Crippen molar-refractivity contribution in [3.05, 3.63) is 74.4 Å². The van der Waals surface area contributed by atoms with Crippen LogP contribution in [0.2, 0.25) is 5.02 Å². The average molecular weight is 443 g/mol. The molecule has 1 heterocycles. The zero-order chi connectivity index (χ0) is 21.4. The summed E-state index contributed by atoms with van der Waals surface area (Å²) in [6, 6.07) is 12.2. The van der Waals surface area contributed by atoms with E-state index in [4.69, 9.17) is 11.6 Å². The van der Waals surface area contributed by atoms with Crippen LogP contribution in [-0.4, -0.2) is 22.9 Å². The topological polar surface area (TPSA) is 80.5 Å². The molecule has 2 aliphatic rings. The number of benzene rings is 2. The second-order valence-corrected chi connectivity index (χ2v) is 8.58. The lowest BCUT2D eigenvalue weighted by atomic mass is 9.77. The second-order valence-electron chi connectivity index (χ2n) is 7.29. The predicted octanol–water partition coefficient (Wildman–Crippen LogP) is 5.50. The van der Waals surface area contributed by atoms with Crippen molar-refractivity contribution in [2.75, 3.05) is 11.2 Å². The van der Waals surface area contributed by atoms with Gasteiger partial charge in [-0.05, 0) is 48.9 Å². The first-order chi connectivity index (χ1) is 14.4. The Labute approximate surface area is 183 Å². The number of carbonyl (C=O) groups is 2. The Bertz CT molecular complexity index is 1080. The molecule has 8 heteroatoms. The Morgan fingerprint density at radius 1 is 1.13 bits per heavy atom. The molecule has 0 aromatic heterocycles. The van der Waals surface area contributed by atoms with Gasteiger partial charge in [-0.3, -0.25) is 24.6 Å². The van der Waals surface area contributed by atoms with E-state index in [9.17, 15) is 19.7 Å². The third-order valence-electron chi connectivity index (χ3n) is 5.58. The molecule has 2 aromatic rings. The van der Waals surface area contributed by atoms with Crippen molar-refractivity contribution in [1.82, 2.24) is 0 Å². The number of allylic oxidation sites excluding steroid dienone is 2. The van der Waals surface area contributed by atoms with E-state index in [0.717, 1.165) is 10.5 Å². The summed E-state index contributed by atoms with van der Waals surface area (Å²) in [4.78, 5) is 39.4. The smallest absolute Gasteiger partial charge is 0.289 e. The number of ketones is 1. The van der Waals surface area contributed by atoms with Crippen LogP contribution in [0, 0.1) is 10.1 Å². The Morgan fingerprint density at radius 2 is 1.87 bits per heavy atom. The molecule has 0 bridgehead atoms. The van der Waals surface area contributed by atoms with Gasteiger partial charge in [0, 0.05) is 41.0 Å². The van der Waals surface area contributed by atoms with E-state index in [0.29, 0.717) is 36.2 Å². The number of hydrogen-bond donors (Lipinski definition) is 0. The number of rotatable bonds is 4. The molecular weight excluding hydrogens is 424 g/mol. The summed E-state index contributed by atoms with van der Waals surface area (Å²) in [6.45, 7) is 0. The lowest BCUT2D eigenvalue weighted by Gasteiger charge is -2.38. The molecule has 0 fully saturated rings. The molecule has 4 rings (SSSR count). The average Bonchev–Trinajstić information content (AvgIpc) is 2.74. The molecule has 0 N–H and O–H groups in total. The maximum Gasteiger partial charge on any atom is 0.289 e. The molecule has 1 unspecified atom stereocenters. The lowest BCUT2D eigenvalue weighted by molar-refractivity contribution is -0.384. The Hall–Kier alpha value is -2.64. The molecule has 154 valence electrons.